The number of aryl methyl sites for hydroxylation is 1. The summed E-state index contributed by atoms with van der Waals surface area (Å²) in [6.45, 7) is 8.44. The zero-order valence-electron chi connectivity index (χ0n) is 17.6. The van der Waals surface area contributed by atoms with Gasteiger partial charge < -0.3 is 10.2 Å². The van der Waals surface area contributed by atoms with Gasteiger partial charge in [-0.3, -0.25) is 9.36 Å². The molecule has 150 valence electrons. The molecule has 2 heterocycles. The highest BCUT2D eigenvalue weighted by atomic mass is 16.1. The third kappa shape index (κ3) is 4.30. The molecule has 0 bridgehead atoms. The Balaban J connectivity index is 2.46. The number of para-hydroxylation sites is 1. The molecule has 0 saturated heterocycles. The quantitative estimate of drug-likeness (QED) is 0.599. The highest BCUT2D eigenvalue weighted by Crippen LogP contribution is 2.27. The molecule has 0 aliphatic carbocycles. The van der Waals surface area contributed by atoms with Crippen molar-refractivity contribution in [3.63, 3.8) is 0 Å². The minimum atomic E-state index is -0.00390. The lowest BCUT2D eigenvalue weighted by Crippen LogP contribution is -2.25. The standard InChI is InChI=1S/C24H28N4O/c1-6-11-18(7-2)26-24-21(16-27(4)5)22(29)20-15-14-17(3)25-23(20)28(24)19-12-9-8-10-13-19/h7-15,26H,2,6,16H2,1,3-5H3/b18-11+. The van der Waals surface area contributed by atoms with Crippen LogP contribution >= 0.6 is 0 Å². The Hall–Kier alpha value is -3.18. The lowest BCUT2D eigenvalue weighted by molar-refractivity contribution is 0.401. The van der Waals surface area contributed by atoms with E-state index in [1.54, 1.807) is 6.08 Å². The molecular weight excluding hydrogens is 360 g/mol. The van der Waals surface area contributed by atoms with E-state index in [1.807, 2.05) is 73.0 Å². The molecule has 0 spiro atoms. The normalized spacial score (nSPS) is 11.8. The summed E-state index contributed by atoms with van der Waals surface area (Å²) in [5.74, 6) is 0.722. The number of benzene rings is 1. The number of aromatic nitrogens is 2. The third-order valence-corrected chi connectivity index (χ3v) is 4.65. The SMILES string of the molecule is C=C/C(=C\CC)Nc1c(CN(C)C)c(=O)c2ccc(C)nc2n1-c1ccccc1. The predicted octanol–water partition coefficient (Wildman–Crippen LogP) is 4.65. The molecule has 0 unspecified atom stereocenters. The first-order valence-corrected chi connectivity index (χ1v) is 9.81. The van der Waals surface area contributed by atoms with Crippen LogP contribution in [-0.4, -0.2) is 28.5 Å². The second kappa shape index (κ2) is 8.88. The molecule has 3 aromatic rings. The smallest absolute Gasteiger partial charge is 0.197 e. The van der Waals surface area contributed by atoms with E-state index in [0.29, 0.717) is 23.1 Å². The van der Waals surface area contributed by atoms with Gasteiger partial charge in [0.2, 0.25) is 0 Å². The molecule has 0 aliphatic heterocycles. The average molecular weight is 389 g/mol. The van der Waals surface area contributed by atoms with Crippen molar-refractivity contribution in [1.82, 2.24) is 14.5 Å². The van der Waals surface area contributed by atoms with Crippen LogP contribution in [0.3, 0.4) is 0 Å². The second-order valence-corrected chi connectivity index (χ2v) is 7.29. The highest BCUT2D eigenvalue weighted by molar-refractivity contribution is 5.82. The van der Waals surface area contributed by atoms with Crippen LogP contribution in [0.25, 0.3) is 16.7 Å². The van der Waals surface area contributed by atoms with E-state index in [9.17, 15) is 4.79 Å². The fourth-order valence-electron chi connectivity index (χ4n) is 3.37. The first-order valence-electron chi connectivity index (χ1n) is 9.81. The van der Waals surface area contributed by atoms with Gasteiger partial charge in [-0.05, 0) is 57.8 Å². The zero-order valence-corrected chi connectivity index (χ0v) is 17.6. The Morgan fingerprint density at radius 1 is 1.21 bits per heavy atom. The molecule has 2 aromatic heterocycles. The molecule has 0 saturated carbocycles. The lowest BCUT2D eigenvalue weighted by Gasteiger charge is -2.23. The van der Waals surface area contributed by atoms with Crippen molar-refractivity contribution in [2.75, 3.05) is 19.4 Å². The highest BCUT2D eigenvalue weighted by Gasteiger charge is 2.20. The zero-order chi connectivity index (χ0) is 21.0. The van der Waals surface area contributed by atoms with Gasteiger partial charge in [-0.25, -0.2) is 4.98 Å². The second-order valence-electron chi connectivity index (χ2n) is 7.29. The summed E-state index contributed by atoms with van der Waals surface area (Å²) in [7, 11) is 3.92. The molecule has 0 amide bonds. The van der Waals surface area contributed by atoms with Crippen molar-refractivity contribution in [2.24, 2.45) is 0 Å². The van der Waals surface area contributed by atoms with Crippen LogP contribution in [0.4, 0.5) is 5.82 Å². The lowest BCUT2D eigenvalue weighted by atomic mass is 10.1. The van der Waals surface area contributed by atoms with Gasteiger partial charge in [0, 0.05) is 23.6 Å². The molecule has 3 rings (SSSR count). The van der Waals surface area contributed by atoms with Gasteiger partial charge >= 0.3 is 0 Å². The molecule has 0 atom stereocenters. The average Bonchev–Trinajstić information content (AvgIpc) is 2.70. The van der Waals surface area contributed by atoms with Crippen LogP contribution in [0.1, 0.15) is 24.6 Å². The Morgan fingerprint density at radius 3 is 2.55 bits per heavy atom. The fraction of sp³-hybridized carbons (Fsp3) is 0.250. The first kappa shape index (κ1) is 20.6. The maximum absolute atomic E-state index is 13.4. The van der Waals surface area contributed by atoms with Gasteiger partial charge in [-0.15, -0.1) is 0 Å². The Kier molecular flexibility index (Phi) is 6.29. The van der Waals surface area contributed by atoms with E-state index in [-0.39, 0.29) is 5.43 Å². The van der Waals surface area contributed by atoms with Crippen molar-refractivity contribution in [3.05, 3.63) is 88.4 Å². The number of hydrogen-bond donors (Lipinski definition) is 1. The molecule has 29 heavy (non-hydrogen) atoms. The van der Waals surface area contributed by atoms with Gasteiger partial charge in [0.25, 0.3) is 0 Å². The van der Waals surface area contributed by atoms with Crippen molar-refractivity contribution in [3.8, 4) is 5.69 Å². The van der Waals surface area contributed by atoms with Crippen LogP contribution < -0.4 is 10.7 Å². The van der Waals surface area contributed by atoms with Crippen LogP contribution in [0.5, 0.6) is 0 Å². The molecule has 0 aliphatic rings. The van der Waals surface area contributed by atoms with Crippen molar-refractivity contribution < 1.29 is 0 Å². The van der Waals surface area contributed by atoms with E-state index >= 15 is 0 Å². The van der Waals surface area contributed by atoms with Gasteiger partial charge in [0.05, 0.1) is 10.9 Å². The van der Waals surface area contributed by atoms with E-state index in [4.69, 9.17) is 4.98 Å². The maximum atomic E-state index is 13.4. The summed E-state index contributed by atoms with van der Waals surface area (Å²) in [5, 5.41) is 4.07. The largest absolute Gasteiger partial charge is 0.341 e. The number of fused-ring (bicyclic) bond motifs is 1. The molecule has 1 aromatic carbocycles. The minimum Gasteiger partial charge on any atom is -0.341 e. The van der Waals surface area contributed by atoms with E-state index in [1.165, 1.54) is 0 Å². The van der Waals surface area contributed by atoms with Crippen molar-refractivity contribution in [2.45, 2.75) is 26.8 Å². The first-order chi connectivity index (χ1) is 14.0. The number of hydrogen-bond acceptors (Lipinski definition) is 4. The number of allylic oxidation sites excluding steroid dienone is 2. The van der Waals surface area contributed by atoms with Crippen LogP contribution in [-0.2, 0) is 6.54 Å². The topological polar surface area (TPSA) is 50.2 Å². The van der Waals surface area contributed by atoms with Gasteiger partial charge in [0.1, 0.15) is 11.5 Å². The number of rotatable bonds is 7. The van der Waals surface area contributed by atoms with E-state index in [2.05, 4.69) is 24.9 Å². The molecule has 5 nitrogen and oxygen atoms in total. The molecule has 0 radical (unpaired) electrons. The van der Waals surface area contributed by atoms with Crippen LogP contribution in [0.2, 0.25) is 0 Å². The predicted molar refractivity (Wildman–Crippen MR) is 122 cm³/mol. The summed E-state index contributed by atoms with van der Waals surface area (Å²) in [4.78, 5) is 20.2. The summed E-state index contributed by atoms with van der Waals surface area (Å²) >= 11 is 0. The molecule has 5 heteroatoms. The summed E-state index contributed by atoms with van der Waals surface area (Å²) in [5.41, 5.74) is 4.00. The van der Waals surface area contributed by atoms with Crippen LogP contribution in [0.15, 0.2) is 71.7 Å². The number of nitrogens with zero attached hydrogens (tertiary/aromatic N) is 3. The maximum Gasteiger partial charge on any atom is 0.197 e. The van der Waals surface area contributed by atoms with Gasteiger partial charge in [-0.2, -0.15) is 0 Å². The summed E-state index contributed by atoms with van der Waals surface area (Å²) in [6, 6.07) is 13.8. The number of anilines is 1. The summed E-state index contributed by atoms with van der Waals surface area (Å²) < 4.78 is 2.04. The van der Waals surface area contributed by atoms with E-state index < -0.39 is 0 Å². The fourth-order valence-corrected chi connectivity index (χ4v) is 3.37. The number of nitrogens with one attached hydrogen (secondary N) is 1. The molecule has 1 N–H and O–H groups in total. The molecular formula is C24H28N4O. The van der Waals surface area contributed by atoms with Crippen molar-refractivity contribution in [1.29, 1.82) is 0 Å². The minimum absolute atomic E-state index is 0.00390. The monoisotopic (exact) mass is 388 g/mol. The van der Waals surface area contributed by atoms with Crippen molar-refractivity contribution >= 4 is 16.9 Å². The summed E-state index contributed by atoms with van der Waals surface area (Å²) in [6.07, 6.45) is 4.69. The third-order valence-electron chi connectivity index (χ3n) is 4.65. The number of pyridine rings is 2. The Morgan fingerprint density at radius 2 is 1.93 bits per heavy atom. The van der Waals surface area contributed by atoms with Crippen LogP contribution in [0, 0.1) is 6.92 Å². The van der Waals surface area contributed by atoms with Gasteiger partial charge in [0.15, 0.2) is 5.43 Å². The Labute approximate surface area is 172 Å². The van der Waals surface area contributed by atoms with E-state index in [0.717, 1.165) is 29.3 Å². The Bertz CT molecular complexity index is 1110. The molecule has 0 fully saturated rings. The van der Waals surface area contributed by atoms with Gasteiger partial charge in [-0.1, -0.05) is 37.8 Å².